The third kappa shape index (κ3) is 4.93. The first-order chi connectivity index (χ1) is 19.3. The van der Waals surface area contributed by atoms with E-state index >= 15 is 0 Å². The van der Waals surface area contributed by atoms with Crippen LogP contribution in [0.25, 0.3) is 22.3 Å². The number of fused-ring (bicyclic) bond motifs is 1. The summed E-state index contributed by atoms with van der Waals surface area (Å²) >= 11 is 0. The zero-order valence-electron chi connectivity index (χ0n) is 22.1. The molecule has 1 aliphatic rings. The van der Waals surface area contributed by atoms with E-state index in [1.807, 2.05) is 66.2 Å². The second kappa shape index (κ2) is 10.2. The number of nitrogen functional groups attached to an aromatic ring is 1. The summed E-state index contributed by atoms with van der Waals surface area (Å²) in [5.74, 6) is 2.43. The molecular formula is C28H28N8O3S. The van der Waals surface area contributed by atoms with Crippen molar-refractivity contribution in [2.24, 2.45) is 0 Å². The van der Waals surface area contributed by atoms with Crippen LogP contribution in [-0.2, 0) is 9.84 Å². The van der Waals surface area contributed by atoms with E-state index < -0.39 is 9.84 Å². The number of hydrogen-bond donors (Lipinski definition) is 1. The summed E-state index contributed by atoms with van der Waals surface area (Å²) in [5.41, 5.74) is 9.36. The lowest BCUT2D eigenvalue weighted by Gasteiger charge is -2.34. The first kappa shape index (κ1) is 25.7. The summed E-state index contributed by atoms with van der Waals surface area (Å²) in [7, 11) is -3.53. The highest BCUT2D eigenvalue weighted by atomic mass is 32.2. The first-order valence-corrected chi connectivity index (χ1v) is 14.8. The Balaban J connectivity index is 1.34. The normalized spacial score (nSPS) is 15.8. The van der Waals surface area contributed by atoms with Gasteiger partial charge in [-0.2, -0.15) is 5.10 Å². The summed E-state index contributed by atoms with van der Waals surface area (Å²) in [6, 6.07) is 17.2. The molecule has 12 heteroatoms. The van der Waals surface area contributed by atoms with Crippen molar-refractivity contribution in [3.8, 4) is 22.8 Å². The lowest BCUT2D eigenvalue weighted by molar-refractivity contribution is 0.382. The molecule has 0 amide bonds. The van der Waals surface area contributed by atoms with Gasteiger partial charge in [0.25, 0.3) is 0 Å². The second-order valence-electron chi connectivity index (χ2n) is 9.86. The summed E-state index contributed by atoms with van der Waals surface area (Å²) in [4.78, 5) is 19.3. The van der Waals surface area contributed by atoms with Crippen molar-refractivity contribution in [1.29, 1.82) is 0 Å². The van der Waals surface area contributed by atoms with Gasteiger partial charge in [-0.1, -0.05) is 18.2 Å². The molecule has 2 aromatic carbocycles. The highest BCUT2D eigenvalue weighted by Gasteiger charge is 2.28. The maximum Gasteiger partial charge on any atom is 0.248 e. The van der Waals surface area contributed by atoms with Gasteiger partial charge >= 0.3 is 0 Å². The summed E-state index contributed by atoms with van der Waals surface area (Å²) in [6.45, 7) is 3.19. The number of ether oxygens (including phenoxy) is 1. The number of nitrogens with two attached hydrogens (primary N) is 1. The largest absolute Gasteiger partial charge is 0.457 e. The topological polar surface area (TPSA) is 142 Å². The van der Waals surface area contributed by atoms with Crippen LogP contribution in [0.4, 0.5) is 11.6 Å². The number of nitrogens with zero attached hydrogens (tertiary/aromatic N) is 7. The fourth-order valence-corrected chi connectivity index (χ4v) is 5.52. The van der Waals surface area contributed by atoms with Gasteiger partial charge in [-0.05, 0) is 56.2 Å². The molecule has 5 aromatic rings. The van der Waals surface area contributed by atoms with Crippen LogP contribution in [-0.4, -0.2) is 57.5 Å². The lowest BCUT2D eigenvalue weighted by atomic mass is 10.1. The zero-order chi connectivity index (χ0) is 27.9. The van der Waals surface area contributed by atoms with Crippen molar-refractivity contribution in [1.82, 2.24) is 29.7 Å². The molecule has 0 saturated carbocycles. The molecule has 11 nitrogen and oxygen atoms in total. The SMILES string of the molecule is Cc1cnc(S(C)(=O)=O)nc1N1CCC[C@H](n2nc(-c3ccc(Oc4ccccc4)cc3)c3c(N)ncnc32)C1. The van der Waals surface area contributed by atoms with E-state index in [1.165, 1.54) is 6.33 Å². The third-order valence-corrected chi connectivity index (χ3v) is 7.78. The van der Waals surface area contributed by atoms with Crippen LogP contribution >= 0.6 is 0 Å². The Labute approximate surface area is 231 Å². The molecule has 40 heavy (non-hydrogen) atoms. The van der Waals surface area contributed by atoms with Crippen molar-refractivity contribution >= 4 is 32.5 Å². The van der Waals surface area contributed by atoms with Crippen LogP contribution in [0.2, 0.25) is 0 Å². The van der Waals surface area contributed by atoms with E-state index in [0.29, 0.717) is 40.7 Å². The second-order valence-corrected chi connectivity index (χ2v) is 11.8. The average Bonchev–Trinajstić information content (AvgIpc) is 3.35. The van der Waals surface area contributed by atoms with Crippen molar-refractivity contribution in [2.45, 2.75) is 31.0 Å². The van der Waals surface area contributed by atoms with Crippen LogP contribution in [0.5, 0.6) is 11.5 Å². The fourth-order valence-electron chi connectivity index (χ4n) is 5.02. The lowest BCUT2D eigenvalue weighted by Crippen LogP contribution is -2.38. The van der Waals surface area contributed by atoms with Gasteiger partial charge in [0.05, 0.1) is 11.4 Å². The molecule has 0 radical (unpaired) electrons. The number of benzene rings is 2. The molecule has 0 spiro atoms. The van der Waals surface area contributed by atoms with Gasteiger partial charge < -0.3 is 15.4 Å². The maximum absolute atomic E-state index is 12.1. The van der Waals surface area contributed by atoms with Crippen molar-refractivity contribution in [3.05, 3.63) is 72.7 Å². The maximum atomic E-state index is 12.1. The van der Waals surface area contributed by atoms with E-state index in [4.69, 9.17) is 15.6 Å². The zero-order valence-corrected chi connectivity index (χ0v) is 22.9. The minimum atomic E-state index is -3.53. The molecule has 204 valence electrons. The number of anilines is 2. The number of piperidine rings is 1. The summed E-state index contributed by atoms with van der Waals surface area (Å²) < 4.78 is 32.1. The molecule has 1 saturated heterocycles. The quantitative estimate of drug-likeness (QED) is 0.302. The van der Waals surface area contributed by atoms with E-state index in [-0.39, 0.29) is 11.2 Å². The minimum Gasteiger partial charge on any atom is -0.457 e. The van der Waals surface area contributed by atoms with Gasteiger partial charge in [-0.15, -0.1) is 0 Å². The molecule has 6 rings (SSSR count). The van der Waals surface area contributed by atoms with Crippen LogP contribution in [0.3, 0.4) is 0 Å². The molecule has 2 N–H and O–H groups in total. The summed E-state index contributed by atoms with van der Waals surface area (Å²) in [6.07, 6.45) is 5.85. The average molecular weight is 557 g/mol. The van der Waals surface area contributed by atoms with Crippen molar-refractivity contribution in [2.75, 3.05) is 30.0 Å². The Kier molecular flexibility index (Phi) is 6.54. The van der Waals surface area contributed by atoms with Crippen LogP contribution in [0.1, 0.15) is 24.4 Å². The molecular weight excluding hydrogens is 528 g/mol. The molecule has 4 heterocycles. The first-order valence-electron chi connectivity index (χ1n) is 12.9. The summed E-state index contributed by atoms with van der Waals surface area (Å²) in [5, 5.41) is 5.51. The number of sulfone groups is 1. The predicted octanol–water partition coefficient (Wildman–Crippen LogP) is 4.21. The molecule has 0 aliphatic carbocycles. The van der Waals surface area contributed by atoms with Gasteiger partial charge in [0, 0.05) is 36.7 Å². The Hall–Kier alpha value is -4.58. The number of para-hydroxylation sites is 1. The Morgan fingerprint density at radius 3 is 2.50 bits per heavy atom. The molecule has 0 bridgehead atoms. The molecule has 1 fully saturated rings. The van der Waals surface area contributed by atoms with Crippen LogP contribution < -0.4 is 15.4 Å². The molecule has 1 aliphatic heterocycles. The number of aromatic nitrogens is 6. The number of aryl methyl sites for hydroxylation is 1. The van der Waals surface area contributed by atoms with E-state index in [9.17, 15) is 8.42 Å². The molecule has 0 unspecified atom stereocenters. The van der Waals surface area contributed by atoms with Crippen LogP contribution in [0.15, 0.2) is 72.3 Å². The third-order valence-electron chi connectivity index (χ3n) is 6.92. The van der Waals surface area contributed by atoms with Crippen LogP contribution in [0, 0.1) is 6.92 Å². The van der Waals surface area contributed by atoms with Crippen molar-refractivity contribution < 1.29 is 13.2 Å². The standard InChI is InChI=1S/C28H28N8O3S/c1-18-15-30-28(40(2,37)38)33-26(18)35-14-6-7-20(16-35)36-27-23(25(29)31-17-32-27)24(34-36)19-10-12-22(13-11-19)39-21-8-4-3-5-9-21/h3-5,8-13,15,17,20H,6-7,14,16H2,1-2H3,(H2,29,31,32)/t20-/m0/s1. The molecule has 1 atom stereocenters. The van der Waals surface area contributed by atoms with Gasteiger partial charge in [-0.3, -0.25) is 0 Å². The monoisotopic (exact) mass is 556 g/mol. The predicted molar refractivity (Wildman–Crippen MR) is 152 cm³/mol. The van der Waals surface area contributed by atoms with E-state index in [0.717, 1.165) is 42.5 Å². The Morgan fingerprint density at radius 1 is 1.00 bits per heavy atom. The minimum absolute atomic E-state index is 0.0453. The highest BCUT2D eigenvalue weighted by Crippen LogP contribution is 2.35. The highest BCUT2D eigenvalue weighted by molar-refractivity contribution is 7.90. The van der Waals surface area contributed by atoms with E-state index in [2.05, 4.69) is 24.8 Å². The Morgan fingerprint density at radius 2 is 1.75 bits per heavy atom. The number of rotatable bonds is 6. The Bertz CT molecular complexity index is 1790. The van der Waals surface area contributed by atoms with Gasteiger partial charge in [-0.25, -0.2) is 33.0 Å². The van der Waals surface area contributed by atoms with Crippen molar-refractivity contribution in [3.63, 3.8) is 0 Å². The smallest absolute Gasteiger partial charge is 0.248 e. The van der Waals surface area contributed by atoms with E-state index in [1.54, 1.807) is 6.20 Å². The fraction of sp³-hybridized carbons (Fsp3) is 0.250. The number of hydrogen-bond acceptors (Lipinski definition) is 10. The van der Waals surface area contributed by atoms with Gasteiger partial charge in [0.2, 0.25) is 15.0 Å². The van der Waals surface area contributed by atoms with Gasteiger partial charge in [0.15, 0.2) is 5.65 Å². The van der Waals surface area contributed by atoms with Gasteiger partial charge in [0.1, 0.15) is 35.2 Å². The molecule has 3 aromatic heterocycles.